The standard InChI is InChI=1S/C18H23IN2O/c19-17-8-7-16(21-11-5-2-6-12-21)15-18(17)22-14-13-20-9-3-1-4-10-20/h2,5-8,11,15H,1,3-4,9-10,12-14H2. The minimum Gasteiger partial charge on any atom is -0.491 e. The van der Waals surface area contributed by atoms with Gasteiger partial charge in [-0.05, 0) is 66.7 Å². The second-order valence-corrected chi connectivity index (χ2v) is 6.95. The molecule has 0 spiro atoms. The third kappa shape index (κ3) is 4.26. The predicted molar refractivity (Wildman–Crippen MR) is 101 cm³/mol. The Kier molecular flexibility index (Phi) is 5.78. The van der Waals surface area contributed by atoms with Crippen molar-refractivity contribution in [2.45, 2.75) is 19.3 Å². The smallest absolute Gasteiger partial charge is 0.134 e. The maximum atomic E-state index is 6.05. The maximum Gasteiger partial charge on any atom is 0.134 e. The zero-order chi connectivity index (χ0) is 15.2. The summed E-state index contributed by atoms with van der Waals surface area (Å²) in [5.74, 6) is 0.998. The van der Waals surface area contributed by atoms with Gasteiger partial charge in [-0.1, -0.05) is 18.6 Å². The van der Waals surface area contributed by atoms with Gasteiger partial charge in [0.25, 0.3) is 0 Å². The number of allylic oxidation sites excluding steroid dienone is 2. The number of benzene rings is 1. The van der Waals surface area contributed by atoms with Gasteiger partial charge in [0.2, 0.25) is 0 Å². The van der Waals surface area contributed by atoms with Gasteiger partial charge in [0.15, 0.2) is 0 Å². The lowest BCUT2D eigenvalue weighted by molar-refractivity contribution is 0.183. The van der Waals surface area contributed by atoms with Crippen LogP contribution in [0.5, 0.6) is 5.75 Å². The Labute approximate surface area is 146 Å². The van der Waals surface area contributed by atoms with E-state index in [0.717, 1.165) is 25.4 Å². The van der Waals surface area contributed by atoms with Gasteiger partial charge in [-0.2, -0.15) is 0 Å². The first kappa shape index (κ1) is 15.9. The topological polar surface area (TPSA) is 15.7 Å². The molecule has 3 rings (SSSR count). The van der Waals surface area contributed by atoms with Crippen molar-refractivity contribution in [1.29, 1.82) is 0 Å². The monoisotopic (exact) mass is 410 g/mol. The van der Waals surface area contributed by atoms with Crippen LogP contribution in [0.25, 0.3) is 0 Å². The van der Waals surface area contributed by atoms with Crippen LogP contribution in [0.15, 0.2) is 42.6 Å². The van der Waals surface area contributed by atoms with Crippen molar-refractivity contribution < 1.29 is 4.74 Å². The Balaban J connectivity index is 1.57. The molecular formula is C18H23IN2O. The largest absolute Gasteiger partial charge is 0.491 e. The first-order chi connectivity index (χ1) is 10.8. The highest BCUT2D eigenvalue weighted by Crippen LogP contribution is 2.28. The summed E-state index contributed by atoms with van der Waals surface area (Å²) in [7, 11) is 0. The highest BCUT2D eigenvalue weighted by atomic mass is 127. The van der Waals surface area contributed by atoms with Crippen LogP contribution in [0.1, 0.15) is 19.3 Å². The molecule has 0 aliphatic carbocycles. The molecule has 2 aliphatic rings. The zero-order valence-electron chi connectivity index (χ0n) is 12.9. The van der Waals surface area contributed by atoms with Gasteiger partial charge >= 0.3 is 0 Å². The van der Waals surface area contributed by atoms with Crippen molar-refractivity contribution in [3.63, 3.8) is 0 Å². The van der Waals surface area contributed by atoms with Crippen LogP contribution in [0, 0.1) is 3.57 Å². The van der Waals surface area contributed by atoms with Crippen LogP contribution in [0.2, 0.25) is 0 Å². The van der Waals surface area contributed by atoms with Gasteiger partial charge in [-0.15, -0.1) is 0 Å². The number of nitrogens with zero attached hydrogens (tertiary/aromatic N) is 2. The summed E-state index contributed by atoms with van der Waals surface area (Å²) in [6.07, 6.45) is 12.5. The Bertz CT molecular complexity index is 550. The second-order valence-electron chi connectivity index (χ2n) is 5.79. The van der Waals surface area contributed by atoms with E-state index in [1.54, 1.807) is 0 Å². The summed E-state index contributed by atoms with van der Waals surface area (Å²) < 4.78 is 7.23. The summed E-state index contributed by atoms with van der Waals surface area (Å²) in [5, 5.41) is 0. The lowest BCUT2D eigenvalue weighted by Gasteiger charge is -2.26. The summed E-state index contributed by atoms with van der Waals surface area (Å²) >= 11 is 2.35. The molecule has 0 amide bonds. The number of rotatable bonds is 5. The molecule has 1 fully saturated rings. The van der Waals surface area contributed by atoms with Crippen molar-refractivity contribution in [3.05, 3.63) is 46.2 Å². The Hall–Kier alpha value is -1.01. The van der Waals surface area contributed by atoms with Crippen LogP contribution in [0.3, 0.4) is 0 Å². The third-order valence-corrected chi connectivity index (χ3v) is 5.07. The van der Waals surface area contributed by atoms with Crippen molar-refractivity contribution in [2.24, 2.45) is 0 Å². The van der Waals surface area contributed by atoms with Crippen LogP contribution >= 0.6 is 22.6 Å². The van der Waals surface area contributed by atoms with Crippen LogP contribution < -0.4 is 9.64 Å². The molecule has 118 valence electrons. The number of anilines is 1. The minimum atomic E-state index is 0.773. The number of hydrogen-bond donors (Lipinski definition) is 0. The maximum absolute atomic E-state index is 6.05. The molecule has 0 N–H and O–H groups in total. The molecule has 1 saturated heterocycles. The molecule has 0 aromatic heterocycles. The molecule has 4 heteroatoms. The normalized spacial score (nSPS) is 18.7. The highest BCUT2D eigenvalue weighted by molar-refractivity contribution is 14.1. The van der Waals surface area contributed by atoms with E-state index >= 15 is 0 Å². The van der Waals surface area contributed by atoms with Gasteiger partial charge in [0, 0.05) is 31.0 Å². The molecule has 0 saturated carbocycles. The number of halogens is 1. The molecule has 0 unspecified atom stereocenters. The van der Waals surface area contributed by atoms with Gasteiger partial charge in [0.1, 0.15) is 12.4 Å². The fourth-order valence-corrected chi connectivity index (χ4v) is 3.40. The van der Waals surface area contributed by atoms with E-state index in [-0.39, 0.29) is 0 Å². The summed E-state index contributed by atoms with van der Waals surface area (Å²) in [6, 6.07) is 6.45. The quantitative estimate of drug-likeness (QED) is 0.682. The SMILES string of the molecule is Ic1ccc(N2C=CC=CC2)cc1OCCN1CCCCC1. The molecule has 1 aromatic rings. The van der Waals surface area contributed by atoms with Gasteiger partial charge in [-0.3, -0.25) is 4.90 Å². The Morgan fingerprint density at radius 2 is 1.95 bits per heavy atom. The predicted octanol–water partition coefficient (Wildman–Crippen LogP) is 4.05. The number of hydrogen-bond acceptors (Lipinski definition) is 3. The molecule has 2 aliphatic heterocycles. The molecule has 0 radical (unpaired) electrons. The molecular weight excluding hydrogens is 387 g/mol. The third-order valence-electron chi connectivity index (χ3n) is 4.18. The van der Waals surface area contributed by atoms with Gasteiger partial charge in [-0.25, -0.2) is 0 Å². The van der Waals surface area contributed by atoms with Crippen LogP contribution in [-0.2, 0) is 0 Å². The Morgan fingerprint density at radius 1 is 1.09 bits per heavy atom. The summed E-state index contributed by atoms with van der Waals surface area (Å²) in [5.41, 5.74) is 1.19. The first-order valence-corrected chi connectivity index (χ1v) is 9.15. The van der Waals surface area contributed by atoms with E-state index in [0.29, 0.717) is 0 Å². The van der Waals surface area contributed by atoms with E-state index in [1.807, 2.05) is 0 Å². The first-order valence-electron chi connectivity index (χ1n) is 8.07. The molecule has 0 atom stereocenters. The fraction of sp³-hybridized carbons (Fsp3) is 0.444. The lowest BCUT2D eigenvalue weighted by Crippen LogP contribution is -2.33. The van der Waals surface area contributed by atoms with Crippen LogP contribution in [-0.4, -0.2) is 37.7 Å². The molecule has 22 heavy (non-hydrogen) atoms. The number of ether oxygens (including phenoxy) is 1. The van der Waals surface area contributed by atoms with Gasteiger partial charge in [0.05, 0.1) is 3.57 Å². The van der Waals surface area contributed by atoms with E-state index < -0.39 is 0 Å². The van der Waals surface area contributed by atoms with Gasteiger partial charge < -0.3 is 9.64 Å². The summed E-state index contributed by atoms with van der Waals surface area (Å²) in [6.45, 7) is 5.18. The van der Waals surface area contributed by atoms with Crippen molar-refractivity contribution >= 4 is 28.3 Å². The van der Waals surface area contributed by atoms with E-state index in [2.05, 4.69) is 75.0 Å². The fourth-order valence-electron chi connectivity index (χ4n) is 2.91. The zero-order valence-corrected chi connectivity index (χ0v) is 15.0. The molecule has 3 nitrogen and oxygen atoms in total. The Morgan fingerprint density at radius 3 is 2.73 bits per heavy atom. The van der Waals surface area contributed by atoms with Crippen molar-refractivity contribution in [2.75, 3.05) is 37.7 Å². The average molecular weight is 410 g/mol. The van der Waals surface area contributed by atoms with Crippen LogP contribution in [0.4, 0.5) is 5.69 Å². The molecule has 1 aromatic carbocycles. The summed E-state index contributed by atoms with van der Waals surface area (Å²) in [4.78, 5) is 4.74. The van der Waals surface area contributed by atoms with Crippen molar-refractivity contribution in [3.8, 4) is 5.75 Å². The molecule has 0 bridgehead atoms. The highest BCUT2D eigenvalue weighted by Gasteiger charge is 2.11. The van der Waals surface area contributed by atoms with E-state index in [1.165, 1.54) is 41.6 Å². The van der Waals surface area contributed by atoms with E-state index in [9.17, 15) is 0 Å². The number of piperidine rings is 1. The minimum absolute atomic E-state index is 0.773. The lowest BCUT2D eigenvalue weighted by atomic mass is 10.1. The average Bonchev–Trinajstić information content (AvgIpc) is 2.58. The van der Waals surface area contributed by atoms with Crippen molar-refractivity contribution in [1.82, 2.24) is 4.90 Å². The molecule has 2 heterocycles. The second kappa shape index (κ2) is 8.02. The van der Waals surface area contributed by atoms with E-state index in [4.69, 9.17) is 4.74 Å². The number of likely N-dealkylation sites (tertiary alicyclic amines) is 1.